The monoisotopic (exact) mass is 361 g/mol. The van der Waals surface area contributed by atoms with E-state index < -0.39 is 17.7 Å². The van der Waals surface area contributed by atoms with Crippen LogP contribution in [-0.2, 0) is 11.2 Å². The molecule has 2 aromatic rings. The van der Waals surface area contributed by atoms with Gasteiger partial charge in [-0.2, -0.15) is 0 Å². The molecule has 0 bridgehead atoms. The zero-order chi connectivity index (χ0) is 19.3. The number of halogens is 1. The minimum absolute atomic E-state index is 0.0137. The third-order valence-corrected chi connectivity index (χ3v) is 3.46. The van der Waals surface area contributed by atoms with E-state index in [1.165, 1.54) is 43.5 Å². The first-order chi connectivity index (χ1) is 12.3. The van der Waals surface area contributed by atoms with Crippen LogP contribution in [0.1, 0.15) is 29.8 Å². The van der Waals surface area contributed by atoms with Gasteiger partial charge in [-0.25, -0.2) is 9.18 Å². The van der Waals surface area contributed by atoms with Gasteiger partial charge in [0.1, 0.15) is 17.3 Å². The van der Waals surface area contributed by atoms with Crippen LogP contribution in [0.4, 0.5) is 10.1 Å². The first-order valence-electron chi connectivity index (χ1n) is 7.96. The topological polar surface area (TPSA) is 84.9 Å². The molecule has 0 aromatic heterocycles. The molecule has 138 valence electrons. The summed E-state index contributed by atoms with van der Waals surface area (Å²) in [5, 5.41) is 11.8. The molecular formula is C19H20FNO5. The van der Waals surface area contributed by atoms with Gasteiger partial charge in [-0.05, 0) is 50.2 Å². The Morgan fingerprint density at radius 3 is 2.46 bits per heavy atom. The molecular weight excluding hydrogens is 341 g/mol. The standard InChI is InChI=1S/C19H20FNO5/c1-11(2)26-17-6-4-12(19(23)24)9-15(17)21-18(22)10-13-8-14(20)5-7-16(13)25-3/h4-9,11H,10H2,1-3H3,(H,21,22)(H,23,24). The number of hydrogen-bond acceptors (Lipinski definition) is 4. The number of carbonyl (C=O) groups is 2. The first-order valence-corrected chi connectivity index (χ1v) is 7.96. The molecule has 0 saturated heterocycles. The fourth-order valence-electron chi connectivity index (χ4n) is 2.37. The minimum atomic E-state index is -1.12. The van der Waals surface area contributed by atoms with Crippen LogP contribution >= 0.6 is 0 Å². The highest BCUT2D eigenvalue weighted by Crippen LogP contribution is 2.28. The number of aromatic carboxylic acids is 1. The van der Waals surface area contributed by atoms with Crippen molar-refractivity contribution in [2.75, 3.05) is 12.4 Å². The van der Waals surface area contributed by atoms with Gasteiger partial charge in [-0.3, -0.25) is 4.79 Å². The lowest BCUT2D eigenvalue weighted by molar-refractivity contribution is -0.115. The summed E-state index contributed by atoms with van der Waals surface area (Å²) in [6, 6.07) is 8.10. The molecule has 0 aliphatic heterocycles. The molecule has 0 heterocycles. The number of nitrogens with one attached hydrogen (secondary N) is 1. The lowest BCUT2D eigenvalue weighted by Gasteiger charge is -2.16. The van der Waals surface area contributed by atoms with E-state index in [4.69, 9.17) is 14.6 Å². The van der Waals surface area contributed by atoms with E-state index in [0.29, 0.717) is 17.1 Å². The van der Waals surface area contributed by atoms with Crippen molar-refractivity contribution >= 4 is 17.6 Å². The average molecular weight is 361 g/mol. The summed E-state index contributed by atoms with van der Waals surface area (Å²) < 4.78 is 24.2. The maximum absolute atomic E-state index is 13.4. The Labute approximate surface area is 150 Å². The summed E-state index contributed by atoms with van der Waals surface area (Å²) >= 11 is 0. The number of carbonyl (C=O) groups excluding carboxylic acids is 1. The average Bonchev–Trinajstić information content (AvgIpc) is 2.56. The summed E-state index contributed by atoms with van der Waals surface area (Å²) in [5.41, 5.74) is 0.629. The predicted octanol–water partition coefficient (Wildman–Crippen LogP) is 3.50. The van der Waals surface area contributed by atoms with E-state index in [0.717, 1.165) is 0 Å². The summed E-state index contributed by atoms with van der Waals surface area (Å²) in [4.78, 5) is 23.6. The SMILES string of the molecule is COc1ccc(F)cc1CC(=O)Nc1cc(C(=O)O)ccc1OC(C)C. The largest absolute Gasteiger partial charge is 0.496 e. The zero-order valence-electron chi connectivity index (χ0n) is 14.7. The number of anilines is 1. The van der Waals surface area contributed by atoms with Crippen LogP contribution < -0.4 is 14.8 Å². The number of carboxylic acids is 1. The Morgan fingerprint density at radius 2 is 1.85 bits per heavy atom. The molecule has 0 spiro atoms. The van der Waals surface area contributed by atoms with Gasteiger partial charge >= 0.3 is 5.97 Å². The van der Waals surface area contributed by atoms with E-state index in [1.807, 2.05) is 13.8 Å². The molecule has 7 heteroatoms. The van der Waals surface area contributed by atoms with Gasteiger partial charge in [0.05, 0.1) is 30.9 Å². The molecule has 0 aliphatic rings. The second-order valence-electron chi connectivity index (χ2n) is 5.86. The van der Waals surface area contributed by atoms with Gasteiger partial charge in [0.15, 0.2) is 0 Å². The van der Waals surface area contributed by atoms with Crippen molar-refractivity contribution in [1.29, 1.82) is 0 Å². The van der Waals surface area contributed by atoms with Crippen LogP contribution in [0.25, 0.3) is 0 Å². The number of benzene rings is 2. The second-order valence-corrected chi connectivity index (χ2v) is 5.86. The molecule has 2 aromatic carbocycles. The highest BCUT2D eigenvalue weighted by molar-refractivity contribution is 5.96. The van der Waals surface area contributed by atoms with Crippen LogP contribution in [0.3, 0.4) is 0 Å². The molecule has 0 aliphatic carbocycles. The van der Waals surface area contributed by atoms with Crippen molar-refractivity contribution < 1.29 is 28.6 Å². The molecule has 0 unspecified atom stereocenters. The van der Waals surface area contributed by atoms with E-state index in [9.17, 15) is 14.0 Å². The molecule has 0 atom stereocenters. The minimum Gasteiger partial charge on any atom is -0.496 e. The maximum Gasteiger partial charge on any atom is 0.335 e. The van der Waals surface area contributed by atoms with E-state index in [1.54, 1.807) is 0 Å². The number of ether oxygens (including phenoxy) is 2. The number of methoxy groups -OCH3 is 1. The molecule has 0 fully saturated rings. The highest BCUT2D eigenvalue weighted by atomic mass is 19.1. The second kappa shape index (κ2) is 8.33. The third kappa shape index (κ3) is 4.95. The Balaban J connectivity index is 2.26. The summed E-state index contributed by atoms with van der Waals surface area (Å²) in [7, 11) is 1.43. The van der Waals surface area contributed by atoms with Gasteiger partial charge in [0.25, 0.3) is 0 Å². The summed E-state index contributed by atoms with van der Waals surface area (Å²) in [6.07, 6.45) is -0.302. The lowest BCUT2D eigenvalue weighted by Crippen LogP contribution is -2.17. The molecule has 2 N–H and O–H groups in total. The highest BCUT2D eigenvalue weighted by Gasteiger charge is 2.15. The van der Waals surface area contributed by atoms with Crippen molar-refractivity contribution in [3.05, 3.63) is 53.3 Å². The van der Waals surface area contributed by atoms with Crippen molar-refractivity contribution in [1.82, 2.24) is 0 Å². The molecule has 26 heavy (non-hydrogen) atoms. The van der Waals surface area contributed by atoms with Crippen LogP contribution in [0.5, 0.6) is 11.5 Å². The quantitative estimate of drug-likeness (QED) is 0.788. The Morgan fingerprint density at radius 1 is 1.15 bits per heavy atom. The van der Waals surface area contributed by atoms with Crippen LogP contribution in [0.15, 0.2) is 36.4 Å². The van der Waals surface area contributed by atoms with Gasteiger partial charge in [0.2, 0.25) is 5.91 Å². The molecule has 0 saturated carbocycles. The summed E-state index contributed by atoms with van der Waals surface area (Å²) in [5.74, 6) is -1.32. The van der Waals surface area contributed by atoms with E-state index in [-0.39, 0.29) is 23.8 Å². The van der Waals surface area contributed by atoms with Crippen LogP contribution in [0, 0.1) is 5.82 Å². The fourth-order valence-corrected chi connectivity index (χ4v) is 2.37. The van der Waals surface area contributed by atoms with Crippen molar-refractivity contribution in [2.45, 2.75) is 26.4 Å². The number of carboxylic acid groups (broad SMARTS) is 1. The van der Waals surface area contributed by atoms with Gasteiger partial charge in [-0.1, -0.05) is 0 Å². The van der Waals surface area contributed by atoms with Crippen LogP contribution in [0.2, 0.25) is 0 Å². The third-order valence-electron chi connectivity index (χ3n) is 3.46. The van der Waals surface area contributed by atoms with Crippen LogP contribution in [-0.4, -0.2) is 30.2 Å². The van der Waals surface area contributed by atoms with Gasteiger partial charge in [0, 0.05) is 5.56 Å². The van der Waals surface area contributed by atoms with Crippen molar-refractivity contribution in [3.8, 4) is 11.5 Å². The maximum atomic E-state index is 13.4. The van der Waals surface area contributed by atoms with E-state index >= 15 is 0 Å². The number of hydrogen-bond donors (Lipinski definition) is 2. The number of amides is 1. The lowest BCUT2D eigenvalue weighted by atomic mass is 10.1. The number of rotatable bonds is 7. The smallest absolute Gasteiger partial charge is 0.335 e. The molecule has 0 radical (unpaired) electrons. The normalized spacial score (nSPS) is 10.5. The molecule has 6 nitrogen and oxygen atoms in total. The Bertz CT molecular complexity index is 820. The van der Waals surface area contributed by atoms with Gasteiger partial charge in [-0.15, -0.1) is 0 Å². The van der Waals surface area contributed by atoms with E-state index in [2.05, 4.69) is 5.32 Å². The van der Waals surface area contributed by atoms with Gasteiger partial charge < -0.3 is 19.9 Å². The fraction of sp³-hybridized carbons (Fsp3) is 0.263. The van der Waals surface area contributed by atoms with Crippen molar-refractivity contribution in [2.24, 2.45) is 0 Å². The first kappa shape index (κ1) is 19.2. The zero-order valence-corrected chi connectivity index (χ0v) is 14.7. The summed E-state index contributed by atoms with van der Waals surface area (Å²) in [6.45, 7) is 3.63. The Hall–Kier alpha value is -3.09. The molecule has 2 rings (SSSR count). The Kier molecular flexibility index (Phi) is 6.16. The predicted molar refractivity (Wildman–Crippen MR) is 94.5 cm³/mol. The molecule has 1 amide bonds. The van der Waals surface area contributed by atoms with Crippen molar-refractivity contribution in [3.63, 3.8) is 0 Å².